The molecular weight excluding hydrogens is 490 g/mol. The predicted molar refractivity (Wildman–Crippen MR) is 144 cm³/mol. The Labute approximate surface area is 219 Å². The van der Waals surface area contributed by atoms with E-state index in [0.29, 0.717) is 45.5 Å². The van der Waals surface area contributed by atoms with Crippen molar-refractivity contribution in [1.82, 2.24) is 30.2 Å². The van der Waals surface area contributed by atoms with E-state index in [4.69, 9.17) is 11.6 Å². The third kappa shape index (κ3) is 6.35. The maximum Gasteiger partial charge on any atom is 0.229 e. The van der Waals surface area contributed by atoms with Crippen LogP contribution in [0.4, 0.5) is 29.0 Å². The molecule has 0 atom stereocenters. The zero-order valence-electron chi connectivity index (χ0n) is 20.2. The lowest BCUT2D eigenvalue weighted by atomic mass is 9.97. The molecule has 0 radical (unpaired) electrons. The lowest BCUT2D eigenvalue weighted by Crippen LogP contribution is -2.34. The van der Waals surface area contributed by atoms with Crippen LogP contribution in [0.5, 0.6) is 0 Å². The van der Waals surface area contributed by atoms with Crippen molar-refractivity contribution in [1.29, 1.82) is 0 Å². The number of aromatic nitrogens is 5. The molecule has 4 N–H and O–H groups in total. The Balaban J connectivity index is 1.25. The minimum absolute atomic E-state index is 0.00204. The van der Waals surface area contributed by atoms with Crippen LogP contribution in [0.2, 0.25) is 5.02 Å². The molecule has 11 heteroatoms. The number of hydrogen-bond donors (Lipinski definition) is 4. The minimum atomic E-state index is -0.00252. The number of carbonyl (C=O) groups excluding carboxylic acids is 1. The van der Waals surface area contributed by atoms with Crippen LogP contribution >= 0.6 is 11.6 Å². The second kappa shape index (κ2) is 11.3. The van der Waals surface area contributed by atoms with Gasteiger partial charge in [-0.3, -0.25) is 4.79 Å². The summed E-state index contributed by atoms with van der Waals surface area (Å²) < 4.78 is 0. The van der Waals surface area contributed by atoms with Gasteiger partial charge in [-0.2, -0.15) is 4.98 Å². The van der Waals surface area contributed by atoms with E-state index in [1.165, 1.54) is 0 Å². The highest BCUT2D eigenvalue weighted by molar-refractivity contribution is 6.34. The van der Waals surface area contributed by atoms with Gasteiger partial charge >= 0.3 is 0 Å². The monoisotopic (exact) mass is 515 g/mol. The first kappa shape index (κ1) is 24.5. The molecule has 4 heterocycles. The molecule has 1 aromatic carbocycles. The van der Waals surface area contributed by atoms with Crippen molar-refractivity contribution in [2.45, 2.75) is 19.8 Å². The Morgan fingerprint density at radius 2 is 1.73 bits per heavy atom. The van der Waals surface area contributed by atoms with Gasteiger partial charge in [0.25, 0.3) is 0 Å². The number of carbonyl (C=O) groups is 1. The average Bonchev–Trinajstić information content (AvgIpc) is 2.91. The summed E-state index contributed by atoms with van der Waals surface area (Å²) in [5.41, 5.74) is 2.86. The summed E-state index contributed by atoms with van der Waals surface area (Å²) in [5.74, 6) is 2.02. The zero-order chi connectivity index (χ0) is 25.6. The first-order valence-electron chi connectivity index (χ1n) is 12.0. The quantitative estimate of drug-likeness (QED) is 0.276. The van der Waals surface area contributed by atoms with Crippen molar-refractivity contribution >= 4 is 46.5 Å². The number of pyridine rings is 1. The van der Waals surface area contributed by atoms with Gasteiger partial charge in [0, 0.05) is 29.7 Å². The van der Waals surface area contributed by atoms with Gasteiger partial charge in [0.15, 0.2) is 5.82 Å². The fourth-order valence-electron chi connectivity index (χ4n) is 3.98. The number of benzene rings is 1. The smallest absolute Gasteiger partial charge is 0.229 e. The summed E-state index contributed by atoms with van der Waals surface area (Å²) in [6.45, 7) is 3.63. The molecule has 188 valence electrons. The Kier molecular flexibility index (Phi) is 7.48. The molecule has 0 aliphatic carbocycles. The van der Waals surface area contributed by atoms with Crippen molar-refractivity contribution in [3.05, 3.63) is 71.6 Å². The molecule has 1 aliphatic heterocycles. The third-order valence-electron chi connectivity index (χ3n) is 5.88. The predicted octanol–water partition coefficient (Wildman–Crippen LogP) is 4.72. The summed E-state index contributed by atoms with van der Waals surface area (Å²) in [6, 6.07) is 14.5. The summed E-state index contributed by atoms with van der Waals surface area (Å²) in [4.78, 5) is 34.7. The number of nitrogens with zero attached hydrogens (tertiary/aromatic N) is 5. The van der Waals surface area contributed by atoms with E-state index in [9.17, 15) is 4.79 Å². The van der Waals surface area contributed by atoms with Gasteiger partial charge in [-0.05, 0) is 75.3 Å². The number of halogens is 1. The van der Waals surface area contributed by atoms with E-state index in [-0.39, 0.29) is 11.8 Å². The highest BCUT2D eigenvalue weighted by atomic mass is 35.5. The van der Waals surface area contributed by atoms with E-state index >= 15 is 0 Å². The molecule has 37 heavy (non-hydrogen) atoms. The summed E-state index contributed by atoms with van der Waals surface area (Å²) in [7, 11) is 0. The van der Waals surface area contributed by atoms with Crippen LogP contribution in [-0.2, 0) is 4.79 Å². The molecule has 0 unspecified atom stereocenters. The van der Waals surface area contributed by atoms with Crippen molar-refractivity contribution in [3.63, 3.8) is 0 Å². The number of nitrogens with one attached hydrogen (secondary N) is 4. The molecule has 3 aromatic heterocycles. The van der Waals surface area contributed by atoms with Gasteiger partial charge in [0.2, 0.25) is 11.9 Å². The maximum atomic E-state index is 12.5. The zero-order valence-corrected chi connectivity index (χ0v) is 21.0. The first-order chi connectivity index (χ1) is 18.0. The van der Waals surface area contributed by atoms with Gasteiger partial charge in [-0.25, -0.2) is 19.9 Å². The van der Waals surface area contributed by atoms with Crippen LogP contribution in [0.15, 0.2) is 60.9 Å². The fraction of sp³-hybridized carbons (Fsp3) is 0.231. The highest BCUT2D eigenvalue weighted by Crippen LogP contribution is 2.28. The first-order valence-corrected chi connectivity index (χ1v) is 12.4. The Morgan fingerprint density at radius 3 is 2.51 bits per heavy atom. The Bertz CT molecular complexity index is 1410. The lowest BCUT2D eigenvalue weighted by molar-refractivity contribution is -0.120. The second-order valence-electron chi connectivity index (χ2n) is 8.65. The van der Waals surface area contributed by atoms with Gasteiger partial charge in [-0.1, -0.05) is 17.7 Å². The Hall–Kier alpha value is -4.15. The van der Waals surface area contributed by atoms with E-state index in [1.807, 2.05) is 31.2 Å². The van der Waals surface area contributed by atoms with E-state index in [1.54, 1.807) is 36.7 Å². The third-order valence-corrected chi connectivity index (χ3v) is 6.19. The van der Waals surface area contributed by atoms with Crippen LogP contribution in [0.25, 0.3) is 11.5 Å². The molecule has 0 saturated carbocycles. The van der Waals surface area contributed by atoms with Crippen molar-refractivity contribution in [2.24, 2.45) is 5.92 Å². The average molecular weight is 516 g/mol. The normalized spacial score (nSPS) is 13.7. The van der Waals surface area contributed by atoms with Crippen LogP contribution in [0.3, 0.4) is 0 Å². The number of anilines is 5. The van der Waals surface area contributed by atoms with Crippen molar-refractivity contribution in [3.8, 4) is 11.5 Å². The molecule has 4 aromatic rings. The molecular formula is C26H26ClN9O. The number of rotatable bonds is 7. The van der Waals surface area contributed by atoms with Gasteiger partial charge in [0.05, 0.1) is 10.7 Å². The Morgan fingerprint density at radius 1 is 0.946 bits per heavy atom. The van der Waals surface area contributed by atoms with Crippen molar-refractivity contribution in [2.75, 3.05) is 29.0 Å². The van der Waals surface area contributed by atoms with Crippen molar-refractivity contribution < 1.29 is 4.79 Å². The number of hydrogen-bond acceptors (Lipinski definition) is 9. The minimum Gasteiger partial charge on any atom is -0.325 e. The van der Waals surface area contributed by atoms with Gasteiger partial charge < -0.3 is 21.3 Å². The van der Waals surface area contributed by atoms with Crippen LogP contribution in [-0.4, -0.2) is 43.9 Å². The topological polar surface area (TPSA) is 130 Å². The maximum absolute atomic E-state index is 12.5. The molecule has 0 bridgehead atoms. The van der Waals surface area contributed by atoms with Crippen LogP contribution < -0.4 is 21.3 Å². The fourth-order valence-corrected chi connectivity index (χ4v) is 4.21. The van der Waals surface area contributed by atoms with Gasteiger partial charge in [0.1, 0.15) is 17.3 Å². The summed E-state index contributed by atoms with van der Waals surface area (Å²) >= 11 is 6.45. The van der Waals surface area contributed by atoms with E-state index in [0.717, 1.165) is 31.6 Å². The van der Waals surface area contributed by atoms with Crippen LogP contribution in [0, 0.1) is 12.8 Å². The summed E-state index contributed by atoms with van der Waals surface area (Å²) in [6.07, 6.45) is 4.95. The largest absolute Gasteiger partial charge is 0.325 e. The molecule has 10 nitrogen and oxygen atoms in total. The SMILES string of the molecule is Cc1cccc(-c2nccc(Nc3ccnc(Nc4ccc(NC(=O)C5CCNCC5)c(Cl)c4)n3)n2)n1. The number of piperidine rings is 1. The lowest BCUT2D eigenvalue weighted by Gasteiger charge is -2.22. The molecule has 0 spiro atoms. The second-order valence-corrected chi connectivity index (χ2v) is 9.06. The molecule has 1 amide bonds. The number of aryl methyl sites for hydroxylation is 1. The molecule has 1 saturated heterocycles. The standard InChI is InChI=1S/C26H26ClN9O/c1-16-3-2-4-21(31-16)24-29-13-9-22(35-24)34-23-10-14-30-26(36-23)32-18-5-6-20(19(27)15-18)33-25(37)17-7-11-28-12-8-17/h2-6,9-10,13-15,17,28H,7-8,11-12H2,1H3,(H,33,37)(H2,29,30,32,34,35,36). The highest BCUT2D eigenvalue weighted by Gasteiger charge is 2.21. The molecule has 5 rings (SSSR count). The number of amides is 1. The van der Waals surface area contributed by atoms with E-state index in [2.05, 4.69) is 46.2 Å². The molecule has 1 aliphatic rings. The summed E-state index contributed by atoms with van der Waals surface area (Å²) in [5, 5.41) is 13.0. The molecule has 1 fully saturated rings. The van der Waals surface area contributed by atoms with Crippen LogP contribution in [0.1, 0.15) is 18.5 Å². The van der Waals surface area contributed by atoms with E-state index < -0.39 is 0 Å². The van der Waals surface area contributed by atoms with Gasteiger partial charge in [-0.15, -0.1) is 0 Å².